The second kappa shape index (κ2) is 30.7. The van der Waals surface area contributed by atoms with Crippen molar-refractivity contribution in [1.82, 2.24) is 0 Å². The highest BCUT2D eigenvalue weighted by molar-refractivity contribution is 5.81. The summed E-state index contributed by atoms with van der Waals surface area (Å²) >= 11 is 0. The molecule has 0 saturated heterocycles. The first-order valence-corrected chi connectivity index (χ1v) is 17.3. The quantitative estimate of drug-likeness (QED) is 0.0603. The van der Waals surface area contributed by atoms with Gasteiger partial charge in [-0.2, -0.15) is 0 Å². The zero-order valence-electron chi connectivity index (χ0n) is 27.1. The molecule has 0 aliphatic carbocycles. The van der Waals surface area contributed by atoms with Gasteiger partial charge in [-0.1, -0.05) is 168 Å². The first-order valence-electron chi connectivity index (χ1n) is 17.3. The molecule has 0 N–H and O–H groups in total. The van der Waals surface area contributed by atoms with E-state index in [1.807, 2.05) is 14.1 Å². The number of quaternary nitrogens is 1. The Kier molecular flexibility index (Phi) is 32.2. The van der Waals surface area contributed by atoms with Gasteiger partial charge in [0.25, 0.3) is 0 Å². The van der Waals surface area contributed by atoms with Gasteiger partial charge in [-0.15, -0.1) is 0 Å². The molecule has 0 atom stereocenters. The predicted molar refractivity (Wildman–Crippen MR) is 168 cm³/mol. The number of nitrogens with zero attached hydrogens (tertiary/aromatic N) is 1. The van der Waals surface area contributed by atoms with Gasteiger partial charge in [0, 0.05) is 6.42 Å². The third-order valence-corrected chi connectivity index (χ3v) is 8.30. The number of carbonyl (C=O) groups is 2. The van der Waals surface area contributed by atoms with E-state index < -0.39 is 0 Å². The number of unbranched alkanes of at least 4 members (excludes halogenated alkanes) is 24. The Morgan fingerprint density at radius 2 is 0.667 bits per heavy atom. The molecular weight excluding hydrogens is 546 g/mol. The second-order valence-corrected chi connectivity index (χ2v) is 12.8. The molecular formula is C35H70BrNO2. The van der Waals surface area contributed by atoms with Gasteiger partial charge in [-0.05, 0) is 12.8 Å². The molecule has 0 heterocycles. The van der Waals surface area contributed by atoms with Crippen LogP contribution in [0.25, 0.3) is 0 Å². The number of hydrogen-bond donors (Lipinski definition) is 0. The highest BCUT2D eigenvalue weighted by atomic mass is 79.9. The molecule has 0 fully saturated rings. The van der Waals surface area contributed by atoms with E-state index in [1.54, 1.807) is 0 Å². The van der Waals surface area contributed by atoms with Crippen LogP contribution in [0.2, 0.25) is 0 Å². The van der Waals surface area contributed by atoms with Crippen LogP contribution >= 0.6 is 0 Å². The summed E-state index contributed by atoms with van der Waals surface area (Å²) in [7, 11) is 3.85. The molecule has 0 radical (unpaired) electrons. The van der Waals surface area contributed by atoms with Crippen LogP contribution in [-0.4, -0.2) is 36.8 Å². The molecule has 0 unspecified atom stereocenters. The van der Waals surface area contributed by atoms with Crippen LogP contribution in [0.15, 0.2) is 0 Å². The summed E-state index contributed by atoms with van der Waals surface area (Å²) in [5, 5.41) is 0. The van der Waals surface area contributed by atoms with Crippen LogP contribution < -0.4 is 17.0 Å². The zero-order chi connectivity index (χ0) is 28.2. The minimum absolute atomic E-state index is 0. The Hall–Kier alpha value is -0.220. The maximum atomic E-state index is 12.7. The molecule has 234 valence electrons. The van der Waals surface area contributed by atoms with E-state index in [2.05, 4.69) is 13.8 Å². The van der Waals surface area contributed by atoms with Crippen LogP contribution in [-0.2, 0) is 9.59 Å². The third-order valence-electron chi connectivity index (χ3n) is 8.30. The lowest BCUT2D eigenvalue weighted by Gasteiger charge is -2.26. The Labute approximate surface area is 256 Å². The van der Waals surface area contributed by atoms with Gasteiger partial charge in [-0.25, -0.2) is 4.79 Å². The van der Waals surface area contributed by atoms with E-state index in [0.717, 1.165) is 25.7 Å². The minimum atomic E-state index is 0. The summed E-state index contributed by atoms with van der Waals surface area (Å²) in [5.41, 5.74) is 0. The van der Waals surface area contributed by atoms with Crippen molar-refractivity contribution in [2.75, 3.05) is 20.6 Å². The Balaban J connectivity index is 0. The molecule has 0 aliphatic rings. The molecule has 0 aliphatic heterocycles. The number of rotatable bonds is 30. The molecule has 0 rings (SSSR count). The highest BCUT2D eigenvalue weighted by Gasteiger charge is 2.28. The van der Waals surface area contributed by atoms with Crippen LogP contribution in [0.4, 0.5) is 0 Å². The second-order valence-electron chi connectivity index (χ2n) is 12.8. The van der Waals surface area contributed by atoms with Crippen LogP contribution in [0.5, 0.6) is 0 Å². The number of amides is 1. The first-order chi connectivity index (χ1) is 18.4. The predicted octanol–water partition coefficient (Wildman–Crippen LogP) is 8.13. The number of Topliss-reactive ketones (excluding diaryl/α,β-unsaturated/α-hetero) is 1. The van der Waals surface area contributed by atoms with Gasteiger partial charge in [0.1, 0.15) is 6.54 Å². The van der Waals surface area contributed by atoms with Gasteiger partial charge in [-0.3, -0.25) is 9.28 Å². The van der Waals surface area contributed by atoms with Crippen molar-refractivity contribution in [3.63, 3.8) is 0 Å². The van der Waals surface area contributed by atoms with E-state index in [9.17, 15) is 9.59 Å². The molecule has 3 nitrogen and oxygen atoms in total. The third kappa shape index (κ3) is 29.1. The summed E-state index contributed by atoms with van der Waals surface area (Å²) in [6.07, 6.45) is 35.6. The largest absolute Gasteiger partial charge is 1.00 e. The normalized spacial score (nSPS) is 11.5. The van der Waals surface area contributed by atoms with Crippen LogP contribution in [0.3, 0.4) is 0 Å². The summed E-state index contributed by atoms with van der Waals surface area (Å²) in [6, 6.07) is 0. The van der Waals surface area contributed by atoms with Crippen LogP contribution in [0, 0.1) is 0 Å². The maximum absolute atomic E-state index is 12.7. The lowest BCUT2D eigenvalue weighted by atomic mass is 10.0. The molecule has 1 amide bonds. The number of carbonyl (C=O) groups excluding carboxylic acids is 2. The Morgan fingerprint density at radius 3 is 0.974 bits per heavy atom. The van der Waals surface area contributed by atoms with Crippen molar-refractivity contribution in [1.29, 1.82) is 0 Å². The zero-order valence-corrected chi connectivity index (χ0v) is 28.7. The standard InChI is InChI=1S/C35H70NO2.BrH/c1-5-7-9-11-13-15-17-19-21-23-25-27-29-31-34(37)33-36(3,4)35(38)32-30-28-26-24-22-20-18-16-14-12-10-8-6-2;/h5-33H2,1-4H3;1H/q+1;/p-1. The number of halogens is 1. The molecule has 4 heteroatoms. The van der Waals surface area contributed by atoms with Gasteiger partial charge in [0.2, 0.25) is 0 Å². The average Bonchev–Trinajstić information content (AvgIpc) is 2.89. The molecule has 0 aromatic carbocycles. The topological polar surface area (TPSA) is 34.1 Å². The van der Waals surface area contributed by atoms with E-state index in [-0.39, 0.29) is 33.2 Å². The molecule has 0 aromatic heterocycles. The van der Waals surface area contributed by atoms with Gasteiger partial charge in [0.15, 0.2) is 5.78 Å². The average molecular weight is 617 g/mol. The fourth-order valence-corrected chi connectivity index (χ4v) is 5.54. The minimum Gasteiger partial charge on any atom is -1.00 e. The molecule has 0 aromatic rings. The van der Waals surface area contributed by atoms with E-state index in [0.29, 0.717) is 19.4 Å². The fourth-order valence-electron chi connectivity index (χ4n) is 5.54. The van der Waals surface area contributed by atoms with Crippen molar-refractivity contribution in [2.45, 2.75) is 194 Å². The molecule has 39 heavy (non-hydrogen) atoms. The molecule has 0 saturated carbocycles. The summed E-state index contributed by atoms with van der Waals surface area (Å²) < 4.78 is 0.232. The monoisotopic (exact) mass is 615 g/mol. The SMILES string of the molecule is CCCCCCCCCCCCCCCC(=O)C[N+](C)(C)C(=O)CCCCCCCCCCCCCCC.[Br-]. The number of hydrogen-bond acceptors (Lipinski definition) is 2. The molecule has 0 spiro atoms. The summed E-state index contributed by atoms with van der Waals surface area (Å²) in [5.74, 6) is 0.489. The van der Waals surface area contributed by atoms with Crippen molar-refractivity contribution < 1.29 is 31.1 Å². The maximum Gasteiger partial charge on any atom is 0.313 e. The summed E-state index contributed by atoms with van der Waals surface area (Å²) in [6.45, 7) is 4.92. The van der Waals surface area contributed by atoms with Crippen molar-refractivity contribution in [3.8, 4) is 0 Å². The van der Waals surface area contributed by atoms with Gasteiger partial charge >= 0.3 is 5.91 Å². The lowest BCUT2D eigenvalue weighted by Crippen LogP contribution is -3.00. The Bertz CT molecular complexity index is 535. The highest BCUT2D eigenvalue weighted by Crippen LogP contribution is 2.16. The molecule has 0 bridgehead atoms. The van der Waals surface area contributed by atoms with E-state index in [4.69, 9.17) is 0 Å². The first kappa shape index (κ1) is 40.9. The van der Waals surface area contributed by atoms with E-state index >= 15 is 0 Å². The lowest BCUT2D eigenvalue weighted by molar-refractivity contribution is -0.805. The van der Waals surface area contributed by atoms with E-state index in [1.165, 1.54) is 141 Å². The Morgan fingerprint density at radius 1 is 0.410 bits per heavy atom. The summed E-state index contributed by atoms with van der Waals surface area (Å²) in [4.78, 5) is 25.2. The van der Waals surface area contributed by atoms with Crippen molar-refractivity contribution in [3.05, 3.63) is 0 Å². The smallest absolute Gasteiger partial charge is 0.313 e. The number of likely N-dealkylation sites (N-methyl/N-ethyl adjacent to an activating group) is 1. The number of ketones is 1. The van der Waals surface area contributed by atoms with Gasteiger partial charge in [0.05, 0.1) is 20.5 Å². The van der Waals surface area contributed by atoms with Gasteiger partial charge < -0.3 is 17.0 Å². The van der Waals surface area contributed by atoms with Crippen molar-refractivity contribution >= 4 is 11.7 Å². The fraction of sp³-hybridized carbons (Fsp3) is 0.943. The van der Waals surface area contributed by atoms with Crippen LogP contribution in [0.1, 0.15) is 194 Å². The van der Waals surface area contributed by atoms with Crippen molar-refractivity contribution in [2.24, 2.45) is 0 Å².